The zero-order chi connectivity index (χ0) is 18.4. The van der Waals surface area contributed by atoms with Gasteiger partial charge in [-0.2, -0.15) is 0 Å². The third-order valence-corrected chi connectivity index (χ3v) is 4.31. The van der Waals surface area contributed by atoms with Crippen LogP contribution in [-0.2, 0) is 14.3 Å². The van der Waals surface area contributed by atoms with E-state index in [1.165, 1.54) is 18.2 Å². The third-order valence-electron chi connectivity index (χ3n) is 4.08. The van der Waals surface area contributed by atoms with Gasteiger partial charge >= 0.3 is 5.97 Å². The van der Waals surface area contributed by atoms with Crippen LogP contribution in [0.3, 0.4) is 0 Å². The van der Waals surface area contributed by atoms with E-state index in [4.69, 9.17) is 16.3 Å². The van der Waals surface area contributed by atoms with Crippen LogP contribution < -0.4 is 10.2 Å². The molecule has 8 nitrogen and oxygen atoms in total. The number of hydrogen-bond donors (Lipinski definition) is 2. The van der Waals surface area contributed by atoms with Gasteiger partial charge in [-0.3, -0.25) is 19.7 Å². The number of benzene rings is 1. The monoisotopic (exact) mass is 370 g/mol. The zero-order valence-electron chi connectivity index (χ0n) is 13.9. The molecule has 136 valence electrons. The summed E-state index contributed by atoms with van der Waals surface area (Å²) in [6.45, 7) is 3.50. The summed E-state index contributed by atoms with van der Waals surface area (Å²) in [5, 5.41) is 13.9. The van der Waals surface area contributed by atoms with Gasteiger partial charge in [0.2, 0.25) is 0 Å². The molecular formula is C16H21ClN3O5+. The first-order chi connectivity index (χ1) is 11.9. The van der Waals surface area contributed by atoms with Gasteiger partial charge in [0.25, 0.3) is 11.6 Å². The highest BCUT2D eigenvalue weighted by molar-refractivity contribution is 6.31. The molecular weight excluding hydrogens is 350 g/mol. The Morgan fingerprint density at radius 3 is 2.92 bits per heavy atom. The lowest BCUT2D eigenvalue weighted by molar-refractivity contribution is -0.899. The van der Waals surface area contributed by atoms with Crippen LogP contribution in [0.5, 0.6) is 0 Å². The number of esters is 1. The Morgan fingerprint density at radius 1 is 1.48 bits per heavy atom. The number of hydrogen-bond acceptors (Lipinski definition) is 5. The molecule has 1 amide bonds. The number of likely N-dealkylation sites (tertiary alicyclic amines) is 1. The van der Waals surface area contributed by atoms with Gasteiger partial charge in [0.1, 0.15) is 11.6 Å². The molecule has 0 spiro atoms. The minimum atomic E-state index is -0.573. The maximum atomic E-state index is 12.3. The molecule has 2 atom stereocenters. The topological polar surface area (TPSA) is 103 Å². The molecule has 1 fully saturated rings. The SMILES string of the molecule is CCOC(=O)[C@H]1CCC[NH+](CC(=O)Nc2cc(Cl)ccc2[N+](=O)[O-])C1. The number of piperidine rings is 1. The van der Waals surface area contributed by atoms with Gasteiger partial charge in [-0.15, -0.1) is 0 Å². The molecule has 0 saturated carbocycles. The minimum absolute atomic E-state index is 0.0702. The van der Waals surface area contributed by atoms with E-state index >= 15 is 0 Å². The first kappa shape index (κ1) is 19.1. The van der Waals surface area contributed by atoms with Crippen LogP contribution in [0.15, 0.2) is 18.2 Å². The van der Waals surface area contributed by atoms with Gasteiger partial charge < -0.3 is 15.0 Å². The molecule has 25 heavy (non-hydrogen) atoms. The molecule has 1 aliphatic rings. The van der Waals surface area contributed by atoms with E-state index in [-0.39, 0.29) is 35.7 Å². The molecule has 1 aromatic carbocycles. The van der Waals surface area contributed by atoms with Gasteiger partial charge in [-0.05, 0) is 31.9 Å². The smallest absolute Gasteiger partial charge is 0.314 e. The third kappa shape index (κ3) is 5.40. The van der Waals surface area contributed by atoms with Crippen molar-refractivity contribution in [3.8, 4) is 0 Å². The number of rotatable bonds is 6. The number of carbonyl (C=O) groups is 2. The molecule has 1 heterocycles. The van der Waals surface area contributed by atoms with Crippen molar-refractivity contribution in [2.45, 2.75) is 19.8 Å². The highest BCUT2D eigenvalue weighted by atomic mass is 35.5. The van der Waals surface area contributed by atoms with Crippen molar-refractivity contribution in [3.05, 3.63) is 33.3 Å². The van der Waals surface area contributed by atoms with Crippen LogP contribution in [0.4, 0.5) is 11.4 Å². The fraction of sp³-hybridized carbons (Fsp3) is 0.500. The Kier molecular flexibility index (Phi) is 6.72. The number of nitrogens with zero attached hydrogens (tertiary/aromatic N) is 1. The Hall–Kier alpha value is -2.19. The number of nitrogens with one attached hydrogen (secondary N) is 2. The lowest BCUT2D eigenvalue weighted by atomic mass is 9.98. The normalized spacial score (nSPS) is 19.9. The largest absolute Gasteiger partial charge is 0.466 e. The summed E-state index contributed by atoms with van der Waals surface area (Å²) >= 11 is 5.85. The number of quaternary nitrogens is 1. The second kappa shape index (κ2) is 8.77. The average Bonchev–Trinajstić information content (AvgIpc) is 2.55. The Labute approximate surface area is 150 Å². The van der Waals surface area contributed by atoms with Crippen molar-refractivity contribution in [2.24, 2.45) is 5.92 Å². The summed E-state index contributed by atoms with van der Waals surface area (Å²) in [7, 11) is 0. The molecule has 0 aliphatic carbocycles. The van der Waals surface area contributed by atoms with Crippen molar-refractivity contribution in [1.29, 1.82) is 0 Å². The standard InChI is InChI=1S/C16H20ClN3O5/c1-2-25-16(22)11-4-3-7-19(9-11)10-15(21)18-13-8-12(17)5-6-14(13)20(23)24/h5-6,8,11H,2-4,7,9-10H2,1H3,(H,18,21)/p+1/t11-/m0/s1. The van der Waals surface area contributed by atoms with Crippen LogP contribution in [0.1, 0.15) is 19.8 Å². The van der Waals surface area contributed by atoms with Crippen LogP contribution >= 0.6 is 11.6 Å². The lowest BCUT2D eigenvalue weighted by Crippen LogP contribution is -3.14. The van der Waals surface area contributed by atoms with E-state index in [2.05, 4.69) is 5.32 Å². The maximum absolute atomic E-state index is 12.3. The number of ether oxygens (including phenoxy) is 1. The van der Waals surface area contributed by atoms with Gasteiger partial charge in [0.05, 0.1) is 24.6 Å². The number of nitro benzene ring substituents is 1. The van der Waals surface area contributed by atoms with Gasteiger partial charge in [0.15, 0.2) is 6.54 Å². The molecule has 9 heteroatoms. The van der Waals surface area contributed by atoms with E-state index < -0.39 is 4.92 Å². The summed E-state index contributed by atoms with van der Waals surface area (Å²) in [6, 6.07) is 4.00. The van der Waals surface area contributed by atoms with E-state index in [0.29, 0.717) is 18.2 Å². The van der Waals surface area contributed by atoms with E-state index in [9.17, 15) is 19.7 Å². The number of anilines is 1. The highest BCUT2D eigenvalue weighted by Gasteiger charge is 2.31. The molecule has 1 aromatic rings. The Bertz CT molecular complexity index is 667. The molecule has 2 N–H and O–H groups in total. The number of halogens is 1. The predicted octanol–water partition coefficient (Wildman–Crippen LogP) is 1.04. The Morgan fingerprint density at radius 2 is 2.24 bits per heavy atom. The van der Waals surface area contributed by atoms with Crippen molar-refractivity contribution in [3.63, 3.8) is 0 Å². The van der Waals surface area contributed by atoms with E-state index in [0.717, 1.165) is 24.3 Å². The summed E-state index contributed by atoms with van der Waals surface area (Å²) in [4.78, 5) is 35.5. The van der Waals surface area contributed by atoms with Crippen molar-refractivity contribution < 1.29 is 24.1 Å². The molecule has 0 aromatic heterocycles. The second-order valence-corrected chi connectivity index (χ2v) is 6.38. The second-order valence-electron chi connectivity index (χ2n) is 5.94. The van der Waals surface area contributed by atoms with Crippen LogP contribution in [0.25, 0.3) is 0 Å². The van der Waals surface area contributed by atoms with Crippen LogP contribution in [0.2, 0.25) is 5.02 Å². The predicted molar refractivity (Wildman–Crippen MR) is 91.7 cm³/mol. The molecule has 0 bridgehead atoms. The highest BCUT2D eigenvalue weighted by Crippen LogP contribution is 2.27. The van der Waals surface area contributed by atoms with Crippen molar-refractivity contribution >= 4 is 34.9 Å². The van der Waals surface area contributed by atoms with Gasteiger partial charge in [-0.1, -0.05) is 11.6 Å². The molecule has 2 rings (SSSR count). The maximum Gasteiger partial charge on any atom is 0.314 e. The number of nitro groups is 1. The van der Waals surface area contributed by atoms with Crippen LogP contribution in [-0.4, -0.2) is 43.0 Å². The molecule has 1 saturated heterocycles. The van der Waals surface area contributed by atoms with Gasteiger partial charge in [-0.25, -0.2) is 0 Å². The molecule has 1 unspecified atom stereocenters. The quantitative estimate of drug-likeness (QED) is 0.442. The van der Waals surface area contributed by atoms with Crippen LogP contribution in [0, 0.1) is 16.0 Å². The number of amides is 1. The molecule has 0 radical (unpaired) electrons. The summed E-state index contributed by atoms with van der Waals surface area (Å²) in [5.74, 6) is -0.799. The first-order valence-electron chi connectivity index (χ1n) is 8.14. The van der Waals surface area contributed by atoms with Crippen molar-refractivity contribution in [1.82, 2.24) is 0 Å². The first-order valence-corrected chi connectivity index (χ1v) is 8.52. The molecule has 1 aliphatic heterocycles. The minimum Gasteiger partial charge on any atom is -0.466 e. The fourth-order valence-electron chi connectivity index (χ4n) is 2.96. The Balaban J connectivity index is 1.97. The van der Waals surface area contributed by atoms with Crippen molar-refractivity contribution in [2.75, 3.05) is 31.6 Å². The number of carbonyl (C=O) groups excluding carboxylic acids is 2. The summed E-state index contributed by atoms with van der Waals surface area (Å²) in [5.41, 5.74) is -0.142. The fourth-order valence-corrected chi connectivity index (χ4v) is 3.13. The summed E-state index contributed by atoms with van der Waals surface area (Å²) < 4.78 is 5.04. The van der Waals surface area contributed by atoms with E-state index in [1.54, 1.807) is 6.92 Å². The lowest BCUT2D eigenvalue weighted by Gasteiger charge is -2.28. The zero-order valence-corrected chi connectivity index (χ0v) is 14.7. The van der Waals surface area contributed by atoms with Gasteiger partial charge in [0, 0.05) is 11.1 Å². The van der Waals surface area contributed by atoms with E-state index in [1.807, 2.05) is 0 Å². The average molecular weight is 371 g/mol. The summed E-state index contributed by atoms with van der Waals surface area (Å²) in [6.07, 6.45) is 1.58.